The van der Waals surface area contributed by atoms with E-state index in [-0.39, 0.29) is 12.1 Å². The third kappa shape index (κ3) is 8.00. The number of aryl methyl sites for hydroxylation is 1. The molecule has 0 aliphatic heterocycles. The van der Waals surface area contributed by atoms with Crippen LogP contribution >= 0.6 is 0 Å². The van der Waals surface area contributed by atoms with Gasteiger partial charge in [0.15, 0.2) is 6.29 Å². The molecule has 0 fully saturated rings. The summed E-state index contributed by atoms with van der Waals surface area (Å²) in [5.41, 5.74) is 7.93. The summed E-state index contributed by atoms with van der Waals surface area (Å²) < 4.78 is 39.1. The molecule has 1 amide bonds. The fraction of sp³-hybridized carbons (Fsp3) is 0.154. The smallest absolute Gasteiger partial charge is 0.372 e. The first-order valence-corrected chi connectivity index (χ1v) is 10.8. The summed E-state index contributed by atoms with van der Waals surface area (Å²) in [7, 11) is 3.75. The highest BCUT2D eigenvalue weighted by Gasteiger charge is 2.32. The van der Waals surface area contributed by atoms with Crippen LogP contribution in [0.4, 0.5) is 13.2 Å². The summed E-state index contributed by atoms with van der Waals surface area (Å²) in [6.07, 6.45) is 2.20. The van der Waals surface area contributed by atoms with Gasteiger partial charge in [0, 0.05) is 23.5 Å². The summed E-state index contributed by atoms with van der Waals surface area (Å²) in [5.74, 6) is 0. The number of rotatable bonds is 4. The van der Waals surface area contributed by atoms with Crippen molar-refractivity contribution in [3.8, 4) is 33.6 Å². The van der Waals surface area contributed by atoms with Crippen molar-refractivity contribution < 1.29 is 22.8 Å². The van der Waals surface area contributed by atoms with Gasteiger partial charge in [-0.25, -0.2) is 4.98 Å². The van der Waals surface area contributed by atoms with E-state index < -0.39 is 11.9 Å². The summed E-state index contributed by atoms with van der Waals surface area (Å²) >= 11 is 0. The van der Waals surface area contributed by atoms with Crippen LogP contribution in [0.25, 0.3) is 33.6 Å². The van der Waals surface area contributed by atoms with Crippen LogP contribution < -0.4 is 11.1 Å². The number of nitrogens with zero attached hydrogens (tertiary/aromatic N) is 4. The Morgan fingerprint density at radius 1 is 0.865 bits per heavy atom. The zero-order valence-corrected chi connectivity index (χ0v) is 20.3. The number of benzene rings is 1. The minimum atomic E-state index is -4.52. The fourth-order valence-corrected chi connectivity index (χ4v) is 3.15. The first kappa shape index (κ1) is 28.7. The van der Waals surface area contributed by atoms with Crippen molar-refractivity contribution in [3.05, 3.63) is 84.2 Å². The molecule has 1 aromatic carbocycles. The number of primary amides is 1. The predicted octanol–water partition coefficient (Wildman–Crippen LogP) is 4.34. The van der Waals surface area contributed by atoms with Gasteiger partial charge >= 0.3 is 6.18 Å². The van der Waals surface area contributed by atoms with Crippen molar-refractivity contribution in [2.45, 2.75) is 13.1 Å². The lowest BCUT2D eigenvalue weighted by atomic mass is 9.98. The molecule has 4 rings (SSSR count). The molecule has 3 aromatic heterocycles. The zero-order valence-electron chi connectivity index (χ0n) is 20.3. The standard InChI is InChI=1S/C23H15F3N4O.C2H7N.CH3NO/c1-14-2-3-15(16-4-7-29-22(10-16)23(24,25)26)9-19(14)21-12-27-11-20(30-21)17-5-6-28-18(8-17)13-31;1-3-2;2-1-3/h2-13H,1H3;3H,1-2H3;1H,(H2,2,3). The number of pyridine rings is 2. The maximum Gasteiger partial charge on any atom is 0.433 e. The Hall–Kier alpha value is -4.51. The van der Waals surface area contributed by atoms with Crippen molar-refractivity contribution in [2.75, 3.05) is 14.1 Å². The molecule has 0 spiro atoms. The second kappa shape index (κ2) is 13.5. The predicted molar refractivity (Wildman–Crippen MR) is 134 cm³/mol. The number of aldehydes is 1. The Morgan fingerprint density at radius 3 is 2.11 bits per heavy atom. The fourth-order valence-electron chi connectivity index (χ4n) is 3.15. The van der Waals surface area contributed by atoms with Crippen LogP contribution in [0.15, 0.2) is 67.3 Å². The van der Waals surface area contributed by atoms with Gasteiger partial charge in [-0.15, -0.1) is 0 Å². The quantitative estimate of drug-likeness (QED) is 0.391. The van der Waals surface area contributed by atoms with Gasteiger partial charge in [-0.05, 0) is 68.0 Å². The molecule has 0 aliphatic carbocycles. The van der Waals surface area contributed by atoms with Crippen molar-refractivity contribution in [3.63, 3.8) is 0 Å². The van der Waals surface area contributed by atoms with Crippen LogP contribution in [-0.4, -0.2) is 46.7 Å². The van der Waals surface area contributed by atoms with E-state index in [1.165, 1.54) is 12.3 Å². The number of nitrogens with two attached hydrogens (primary N) is 1. The van der Waals surface area contributed by atoms with Gasteiger partial charge in [0.2, 0.25) is 6.41 Å². The lowest BCUT2D eigenvalue weighted by Gasteiger charge is -2.11. The average Bonchev–Trinajstić information content (AvgIpc) is 2.89. The molecule has 0 radical (unpaired) electrons. The van der Waals surface area contributed by atoms with E-state index in [4.69, 9.17) is 4.79 Å². The normalized spacial score (nSPS) is 10.3. The maximum atomic E-state index is 13.0. The Kier molecular flexibility index (Phi) is 10.5. The Morgan fingerprint density at radius 2 is 1.46 bits per heavy atom. The van der Waals surface area contributed by atoms with E-state index in [9.17, 15) is 18.0 Å². The molecule has 8 nitrogen and oxygen atoms in total. The number of amides is 1. The monoisotopic (exact) mass is 510 g/mol. The summed E-state index contributed by atoms with van der Waals surface area (Å²) in [6.45, 7) is 1.89. The van der Waals surface area contributed by atoms with E-state index in [2.05, 4.69) is 31.0 Å². The van der Waals surface area contributed by atoms with Crippen molar-refractivity contribution in [2.24, 2.45) is 5.73 Å². The topological polar surface area (TPSA) is 124 Å². The second-order valence-electron chi connectivity index (χ2n) is 7.47. The highest BCUT2D eigenvalue weighted by molar-refractivity contribution is 5.77. The van der Waals surface area contributed by atoms with E-state index in [0.29, 0.717) is 34.4 Å². The molecule has 0 bridgehead atoms. The first-order valence-electron chi connectivity index (χ1n) is 10.8. The van der Waals surface area contributed by atoms with Gasteiger partial charge in [0.1, 0.15) is 11.4 Å². The van der Waals surface area contributed by atoms with Crippen LogP contribution in [0.5, 0.6) is 0 Å². The third-order valence-corrected chi connectivity index (χ3v) is 4.73. The molecule has 37 heavy (non-hydrogen) atoms. The van der Waals surface area contributed by atoms with Crippen LogP contribution in [0.3, 0.4) is 0 Å². The summed E-state index contributed by atoms with van der Waals surface area (Å²) in [6, 6.07) is 11.2. The highest BCUT2D eigenvalue weighted by atomic mass is 19.4. The van der Waals surface area contributed by atoms with Gasteiger partial charge in [-0.1, -0.05) is 12.1 Å². The van der Waals surface area contributed by atoms with E-state index in [1.54, 1.807) is 36.7 Å². The Labute approximate surface area is 211 Å². The van der Waals surface area contributed by atoms with Crippen LogP contribution in [0.1, 0.15) is 21.7 Å². The minimum absolute atomic E-state index is 0.250. The molecule has 3 heterocycles. The molecule has 0 saturated carbocycles. The number of nitrogens with one attached hydrogen (secondary N) is 1. The molecule has 4 aromatic rings. The first-order chi connectivity index (χ1) is 17.7. The number of carbonyl (C=O) groups is 2. The molecule has 11 heteroatoms. The summed E-state index contributed by atoms with van der Waals surface area (Å²) in [4.78, 5) is 35.8. The highest BCUT2D eigenvalue weighted by Crippen LogP contribution is 2.33. The lowest BCUT2D eigenvalue weighted by molar-refractivity contribution is -0.141. The molecular weight excluding hydrogens is 485 g/mol. The number of hydrogen-bond acceptors (Lipinski definition) is 7. The molecule has 0 unspecified atom stereocenters. The van der Waals surface area contributed by atoms with Gasteiger partial charge in [0.05, 0.1) is 23.8 Å². The van der Waals surface area contributed by atoms with Gasteiger partial charge in [0.25, 0.3) is 0 Å². The van der Waals surface area contributed by atoms with E-state index >= 15 is 0 Å². The number of aromatic nitrogens is 4. The Balaban J connectivity index is 0.000000733. The van der Waals surface area contributed by atoms with Crippen molar-refractivity contribution in [1.29, 1.82) is 0 Å². The average molecular weight is 511 g/mol. The van der Waals surface area contributed by atoms with E-state index in [1.807, 2.05) is 27.1 Å². The molecule has 3 N–H and O–H groups in total. The molecular formula is C26H25F3N6O2. The molecule has 0 atom stereocenters. The van der Waals surface area contributed by atoms with Gasteiger partial charge < -0.3 is 11.1 Å². The lowest BCUT2D eigenvalue weighted by Crippen LogP contribution is -2.07. The second-order valence-corrected chi connectivity index (χ2v) is 7.47. The van der Waals surface area contributed by atoms with Gasteiger partial charge in [-0.2, -0.15) is 13.2 Å². The molecule has 0 saturated heterocycles. The zero-order chi connectivity index (χ0) is 27.4. The minimum Gasteiger partial charge on any atom is -0.372 e. The molecule has 192 valence electrons. The van der Waals surface area contributed by atoms with E-state index in [0.717, 1.165) is 23.4 Å². The van der Waals surface area contributed by atoms with Gasteiger partial charge in [-0.3, -0.25) is 24.5 Å². The number of hydrogen-bond donors (Lipinski definition) is 2. The largest absolute Gasteiger partial charge is 0.433 e. The number of alkyl halides is 3. The van der Waals surface area contributed by atoms with Crippen LogP contribution in [0, 0.1) is 6.92 Å². The molecule has 0 aliphatic rings. The number of halogens is 3. The Bertz CT molecular complexity index is 1350. The van der Waals surface area contributed by atoms with Crippen LogP contribution in [0.2, 0.25) is 0 Å². The van der Waals surface area contributed by atoms with Crippen LogP contribution in [-0.2, 0) is 11.0 Å². The SMILES string of the molecule is CNC.Cc1ccc(-c2ccnc(C(F)(F)F)c2)cc1-c1cncc(-c2ccnc(C=O)c2)n1.NC=O. The van der Waals surface area contributed by atoms with Crippen molar-refractivity contribution in [1.82, 2.24) is 25.3 Å². The maximum absolute atomic E-state index is 13.0. The number of carbonyl (C=O) groups excluding carboxylic acids is 2. The van der Waals surface area contributed by atoms with Crippen molar-refractivity contribution >= 4 is 12.7 Å². The summed E-state index contributed by atoms with van der Waals surface area (Å²) in [5, 5.41) is 2.75. The third-order valence-electron chi connectivity index (χ3n) is 4.73.